The fourth-order valence-corrected chi connectivity index (χ4v) is 1.88. The van der Waals surface area contributed by atoms with Gasteiger partial charge in [0.1, 0.15) is 28.9 Å². The number of carbonyl (C=O) groups excluding carboxylic acids is 1. The summed E-state index contributed by atoms with van der Waals surface area (Å²) in [6.07, 6.45) is 1.19. The molecule has 0 spiro atoms. The minimum atomic E-state index is -0.877. The molecule has 0 aliphatic carbocycles. The van der Waals surface area contributed by atoms with Gasteiger partial charge in [-0.25, -0.2) is 0 Å². The van der Waals surface area contributed by atoms with Gasteiger partial charge < -0.3 is 14.9 Å². The molecule has 0 saturated heterocycles. The van der Waals surface area contributed by atoms with Crippen LogP contribution in [-0.4, -0.2) is 17.9 Å². The van der Waals surface area contributed by atoms with E-state index < -0.39 is 10.8 Å². The Labute approximate surface area is 130 Å². The molecule has 2 N–H and O–H groups in total. The maximum Gasteiger partial charge on any atom is 0.270 e. The normalized spacial score (nSPS) is 10.9. The van der Waals surface area contributed by atoms with E-state index in [0.717, 1.165) is 0 Å². The van der Waals surface area contributed by atoms with Gasteiger partial charge in [-0.3, -0.25) is 14.9 Å². The van der Waals surface area contributed by atoms with Crippen molar-refractivity contribution < 1.29 is 18.9 Å². The summed E-state index contributed by atoms with van der Waals surface area (Å²) in [6.45, 7) is 0. The SMILES string of the molecule is COc1ccc([N+](=O)[O-])cc1-c1ccc(/C=C(/C#N)C(N)=O)o1. The maximum atomic E-state index is 11.0. The van der Waals surface area contributed by atoms with Gasteiger partial charge in [0.25, 0.3) is 11.6 Å². The lowest BCUT2D eigenvalue weighted by Gasteiger charge is -2.05. The molecule has 23 heavy (non-hydrogen) atoms. The molecule has 1 heterocycles. The summed E-state index contributed by atoms with van der Waals surface area (Å²) in [5.41, 5.74) is 5.03. The quantitative estimate of drug-likeness (QED) is 0.389. The van der Waals surface area contributed by atoms with Crippen LogP contribution >= 0.6 is 0 Å². The van der Waals surface area contributed by atoms with E-state index in [1.54, 1.807) is 12.1 Å². The topological polar surface area (TPSA) is 132 Å². The van der Waals surface area contributed by atoms with Crippen molar-refractivity contribution in [3.05, 3.63) is 51.8 Å². The summed E-state index contributed by atoms with van der Waals surface area (Å²) in [5.74, 6) is 0.0109. The number of benzene rings is 1. The second kappa shape index (κ2) is 6.44. The number of nitriles is 1. The Morgan fingerprint density at radius 1 is 1.43 bits per heavy atom. The van der Waals surface area contributed by atoms with Crippen LogP contribution in [0.2, 0.25) is 0 Å². The molecule has 0 saturated carbocycles. The highest BCUT2D eigenvalue weighted by Gasteiger charge is 2.16. The number of non-ortho nitro benzene ring substituents is 1. The van der Waals surface area contributed by atoms with E-state index in [2.05, 4.69) is 0 Å². The van der Waals surface area contributed by atoms with Crippen molar-refractivity contribution in [2.75, 3.05) is 7.11 Å². The van der Waals surface area contributed by atoms with Crippen molar-refractivity contribution in [2.45, 2.75) is 0 Å². The van der Waals surface area contributed by atoms with Crippen molar-refractivity contribution in [3.8, 4) is 23.1 Å². The Morgan fingerprint density at radius 2 is 2.17 bits per heavy atom. The summed E-state index contributed by atoms with van der Waals surface area (Å²) in [4.78, 5) is 21.4. The molecule has 0 bridgehead atoms. The van der Waals surface area contributed by atoms with E-state index in [4.69, 9.17) is 20.1 Å². The van der Waals surface area contributed by atoms with Crippen molar-refractivity contribution >= 4 is 17.7 Å². The lowest BCUT2D eigenvalue weighted by Crippen LogP contribution is -2.12. The predicted octanol–water partition coefficient (Wildman–Crippen LogP) is 2.26. The zero-order valence-corrected chi connectivity index (χ0v) is 12.0. The molecule has 1 aromatic heterocycles. The number of nitro benzene ring substituents is 1. The second-order valence-corrected chi connectivity index (χ2v) is 4.38. The van der Waals surface area contributed by atoms with E-state index in [1.165, 1.54) is 37.5 Å². The third-order valence-electron chi connectivity index (χ3n) is 2.96. The van der Waals surface area contributed by atoms with Gasteiger partial charge in [-0.2, -0.15) is 5.26 Å². The number of hydrogen-bond acceptors (Lipinski definition) is 6. The number of nitrogens with zero attached hydrogens (tertiary/aromatic N) is 2. The average molecular weight is 313 g/mol. The molecule has 116 valence electrons. The molecular weight excluding hydrogens is 302 g/mol. The van der Waals surface area contributed by atoms with E-state index in [-0.39, 0.29) is 17.0 Å². The molecular formula is C15H11N3O5. The molecule has 8 nitrogen and oxygen atoms in total. The number of nitrogens with two attached hydrogens (primary N) is 1. The van der Waals surface area contributed by atoms with Gasteiger partial charge in [0.2, 0.25) is 0 Å². The number of ether oxygens (including phenoxy) is 1. The molecule has 0 unspecified atom stereocenters. The highest BCUT2D eigenvalue weighted by molar-refractivity contribution is 6.00. The fourth-order valence-electron chi connectivity index (χ4n) is 1.88. The van der Waals surface area contributed by atoms with Crippen molar-refractivity contribution in [2.24, 2.45) is 5.73 Å². The first-order chi connectivity index (χ1) is 11.0. The molecule has 1 amide bonds. The summed E-state index contributed by atoms with van der Waals surface area (Å²) in [6, 6.07) is 8.79. The van der Waals surface area contributed by atoms with Crippen LogP contribution in [0, 0.1) is 21.4 Å². The maximum absolute atomic E-state index is 11.0. The Hall–Kier alpha value is -3.60. The van der Waals surface area contributed by atoms with Gasteiger partial charge in [-0.05, 0) is 18.2 Å². The minimum absolute atomic E-state index is 0.121. The third-order valence-corrected chi connectivity index (χ3v) is 2.96. The molecule has 1 aromatic carbocycles. The molecule has 0 fully saturated rings. The number of hydrogen-bond donors (Lipinski definition) is 1. The van der Waals surface area contributed by atoms with Crippen LogP contribution in [0.15, 0.2) is 40.3 Å². The molecule has 0 aliphatic heterocycles. The smallest absolute Gasteiger partial charge is 0.270 e. The van der Waals surface area contributed by atoms with Crippen LogP contribution in [0.5, 0.6) is 5.75 Å². The Balaban J connectivity index is 2.48. The highest BCUT2D eigenvalue weighted by Crippen LogP contribution is 2.34. The van der Waals surface area contributed by atoms with Crippen LogP contribution in [0.1, 0.15) is 5.76 Å². The lowest BCUT2D eigenvalue weighted by molar-refractivity contribution is -0.384. The van der Waals surface area contributed by atoms with Crippen LogP contribution in [0.4, 0.5) is 5.69 Å². The number of rotatable bonds is 5. The number of amides is 1. The largest absolute Gasteiger partial charge is 0.496 e. The molecule has 0 radical (unpaired) electrons. The van der Waals surface area contributed by atoms with Crippen molar-refractivity contribution in [3.63, 3.8) is 0 Å². The summed E-state index contributed by atoms with van der Waals surface area (Å²) in [7, 11) is 1.43. The van der Waals surface area contributed by atoms with E-state index in [9.17, 15) is 14.9 Å². The van der Waals surface area contributed by atoms with E-state index >= 15 is 0 Å². The first kappa shape index (κ1) is 15.8. The van der Waals surface area contributed by atoms with Gasteiger partial charge in [0.05, 0.1) is 17.6 Å². The average Bonchev–Trinajstić information content (AvgIpc) is 3.00. The van der Waals surface area contributed by atoms with Crippen LogP contribution in [-0.2, 0) is 4.79 Å². The third kappa shape index (κ3) is 3.36. The predicted molar refractivity (Wildman–Crippen MR) is 80.1 cm³/mol. The fraction of sp³-hybridized carbons (Fsp3) is 0.0667. The number of carbonyl (C=O) groups is 1. The number of furan rings is 1. The molecule has 0 aliphatic rings. The van der Waals surface area contributed by atoms with E-state index in [0.29, 0.717) is 17.1 Å². The summed E-state index contributed by atoms with van der Waals surface area (Å²) >= 11 is 0. The van der Waals surface area contributed by atoms with Crippen LogP contribution < -0.4 is 10.5 Å². The Kier molecular flexibility index (Phi) is 4.42. The first-order valence-corrected chi connectivity index (χ1v) is 6.30. The van der Waals surface area contributed by atoms with Crippen LogP contribution in [0.25, 0.3) is 17.4 Å². The summed E-state index contributed by atoms with van der Waals surface area (Å²) in [5, 5.41) is 19.7. The molecule has 0 atom stereocenters. The molecule has 2 aromatic rings. The van der Waals surface area contributed by atoms with Crippen molar-refractivity contribution in [1.29, 1.82) is 5.26 Å². The number of methoxy groups -OCH3 is 1. The standard InChI is InChI=1S/C15H11N3O5/c1-22-13-4-2-10(18(20)21)7-12(13)14-5-3-11(23-14)6-9(8-16)15(17)19/h2-7H,1H3,(H2,17,19)/b9-6-. The first-order valence-electron chi connectivity index (χ1n) is 6.30. The van der Waals surface area contributed by atoms with Crippen molar-refractivity contribution in [1.82, 2.24) is 0 Å². The van der Waals surface area contributed by atoms with Gasteiger partial charge in [-0.1, -0.05) is 0 Å². The summed E-state index contributed by atoms with van der Waals surface area (Å²) < 4.78 is 10.7. The molecule has 2 rings (SSSR count). The monoisotopic (exact) mass is 313 g/mol. The zero-order valence-electron chi connectivity index (χ0n) is 12.0. The second-order valence-electron chi connectivity index (χ2n) is 4.38. The Bertz CT molecular complexity index is 845. The highest BCUT2D eigenvalue weighted by atomic mass is 16.6. The van der Waals surface area contributed by atoms with Crippen LogP contribution in [0.3, 0.4) is 0 Å². The van der Waals surface area contributed by atoms with Gasteiger partial charge >= 0.3 is 0 Å². The number of primary amides is 1. The minimum Gasteiger partial charge on any atom is -0.496 e. The zero-order chi connectivity index (χ0) is 17.0. The molecule has 8 heteroatoms. The Morgan fingerprint density at radius 3 is 2.74 bits per heavy atom. The lowest BCUT2D eigenvalue weighted by atomic mass is 10.1. The van der Waals surface area contributed by atoms with Gasteiger partial charge in [0.15, 0.2) is 0 Å². The number of nitro groups is 1. The van der Waals surface area contributed by atoms with Gasteiger partial charge in [-0.15, -0.1) is 0 Å². The van der Waals surface area contributed by atoms with Gasteiger partial charge in [0, 0.05) is 18.2 Å². The van der Waals surface area contributed by atoms with E-state index in [1.807, 2.05) is 0 Å².